The number of carbonyl (C=O) groups is 1. The molecule has 0 atom stereocenters. The molecule has 4 aromatic rings. The molecule has 0 fully saturated rings. The molecule has 2 aromatic carbocycles. The van der Waals surface area contributed by atoms with E-state index in [1.807, 2.05) is 32.0 Å². The van der Waals surface area contributed by atoms with Gasteiger partial charge in [-0.2, -0.15) is 5.10 Å². The van der Waals surface area contributed by atoms with Crippen molar-refractivity contribution >= 4 is 17.0 Å². The minimum atomic E-state index is -2.69. The third-order valence-corrected chi connectivity index (χ3v) is 5.24. The highest BCUT2D eigenvalue weighted by molar-refractivity contribution is 5.89. The number of hydrogen-bond acceptors (Lipinski definition) is 3. The number of pyridine rings is 1. The summed E-state index contributed by atoms with van der Waals surface area (Å²) in [5, 5.41) is 13.8. The second-order valence-electron chi connectivity index (χ2n) is 7.24. The van der Waals surface area contributed by atoms with E-state index < -0.39 is 12.4 Å². The molecule has 0 aliphatic rings. The van der Waals surface area contributed by atoms with Crippen LogP contribution in [-0.2, 0) is 0 Å². The standard InChI is InChI=1S/C23H19F2N3O2/c1-12-4-5-16(10-13(12)2)19-11-18(21(24)25)20-14(3)27-28(22(20)26-19)17-8-6-15(7-9-17)23(29)30/h4-11,21H,1-3H3,(H,29,30). The van der Waals surface area contributed by atoms with Gasteiger partial charge in [0.25, 0.3) is 6.43 Å². The molecule has 0 aliphatic carbocycles. The number of alkyl halides is 2. The lowest BCUT2D eigenvalue weighted by Crippen LogP contribution is -2.01. The Labute approximate surface area is 171 Å². The molecule has 2 heterocycles. The summed E-state index contributed by atoms with van der Waals surface area (Å²) in [7, 11) is 0. The van der Waals surface area contributed by atoms with Gasteiger partial charge in [-0.05, 0) is 68.3 Å². The number of fused-ring (bicyclic) bond motifs is 1. The van der Waals surface area contributed by atoms with E-state index in [0.717, 1.165) is 16.7 Å². The number of rotatable bonds is 4. The molecule has 0 amide bonds. The summed E-state index contributed by atoms with van der Waals surface area (Å²) in [4.78, 5) is 15.8. The van der Waals surface area contributed by atoms with Gasteiger partial charge in [-0.1, -0.05) is 12.1 Å². The lowest BCUT2D eigenvalue weighted by molar-refractivity contribution is 0.0697. The van der Waals surface area contributed by atoms with Gasteiger partial charge in [0.2, 0.25) is 0 Å². The predicted molar refractivity (Wildman–Crippen MR) is 110 cm³/mol. The molecule has 0 aliphatic heterocycles. The number of carboxylic acids is 1. The molecular weight excluding hydrogens is 388 g/mol. The van der Waals surface area contributed by atoms with Gasteiger partial charge in [-0.25, -0.2) is 23.2 Å². The topological polar surface area (TPSA) is 68.0 Å². The van der Waals surface area contributed by atoms with E-state index >= 15 is 0 Å². The molecule has 2 aromatic heterocycles. The molecule has 1 N–H and O–H groups in total. The Morgan fingerprint density at radius 1 is 1.00 bits per heavy atom. The summed E-state index contributed by atoms with van der Waals surface area (Å²) < 4.78 is 29.4. The SMILES string of the molecule is Cc1ccc(-c2cc(C(F)F)c3c(C)nn(-c4ccc(C(=O)O)cc4)c3n2)cc1C. The Bertz CT molecular complexity index is 1280. The van der Waals surface area contributed by atoms with E-state index in [4.69, 9.17) is 5.11 Å². The summed E-state index contributed by atoms with van der Waals surface area (Å²) in [5.41, 5.74) is 4.61. The fourth-order valence-electron chi connectivity index (χ4n) is 3.47. The number of aromatic nitrogens is 3. The summed E-state index contributed by atoms with van der Waals surface area (Å²) >= 11 is 0. The first-order valence-electron chi connectivity index (χ1n) is 9.36. The fourth-order valence-corrected chi connectivity index (χ4v) is 3.47. The van der Waals surface area contributed by atoms with E-state index in [9.17, 15) is 13.6 Å². The number of hydrogen-bond donors (Lipinski definition) is 1. The van der Waals surface area contributed by atoms with Crippen LogP contribution in [0.5, 0.6) is 0 Å². The maximum atomic E-state index is 13.9. The van der Waals surface area contributed by atoms with Crippen LogP contribution < -0.4 is 0 Å². The van der Waals surface area contributed by atoms with Crippen molar-refractivity contribution in [2.24, 2.45) is 0 Å². The van der Waals surface area contributed by atoms with E-state index in [1.165, 1.54) is 22.9 Å². The van der Waals surface area contributed by atoms with Gasteiger partial charge in [-0.3, -0.25) is 0 Å². The molecule has 7 heteroatoms. The van der Waals surface area contributed by atoms with Gasteiger partial charge in [0.1, 0.15) is 0 Å². The van der Waals surface area contributed by atoms with E-state index in [2.05, 4.69) is 10.1 Å². The third-order valence-electron chi connectivity index (χ3n) is 5.24. The van der Waals surface area contributed by atoms with Crippen molar-refractivity contribution in [2.45, 2.75) is 27.2 Å². The van der Waals surface area contributed by atoms with Crippen molar-refractivity contribution in [2.75, 3.05) is 0 Å². The first kappa shape index (κ1) is 19.7. The summed E-state index contributed by atoms with van der Waals surface area (Å²) in [6.07, 6.45) is -2.69. The smallest absolute Gasteiger partial charge is 0.335 e. The molecule has 152 valence electrons. The van der Waals surface area contributed by atoms with Crippen LogP contribution >= 0.6 is 0 Å². The van der Waals surface area contributed by atoms with Gasteiger partial charge in [0.05, 0.1) is 28.0 Å². The number of aromatic carboxylic acids is 1. The normalized spacial score (nSPS) is 11.4. The maximum Gasteiger partial charge on any atom is 0.335 e. The average molecular weight is 407 g/mol. The molecule has 0 bridgehead atoms. The minimum Gasteiger partial charge on any atom is -0.478 e. The average Bonchev–Trinajstić information content (AvgIpc) is 3.06. The van der Waals surface area contributed by atoms with Gasteiger partial charge in [0, 0.05) is 11.1 Å². The first-order chi connectivity index (χ1) is 14.3. The summed E-state index contributed by atoms with van der Waals surface area (Å²) in [6, 6.07) is 13.2. The summed E-state index contributed by atoms with van der Waals surface area (Å²) in [6.45, 7) is 5.61. The van der Waals surface area contributed by atoms with Gasteiger partial charge < -0.3 is 5.11 Å². The lowest BCUT2D eigenvalue weighted by atomic mass is 10.0. The number of benzene rings is 2. The number of carboxylic acid groups (broad SMARTS) is 1. The van der Waals surface area contributed by atoms with Crippen molar-refractivity contribution < 1.29 is 18.7 Å². The van der Waals surface area contributed by atoms with Crippen LogP contribution in [0.4, 0.5) is 8.78 Å². The fraction of sp³-hybridized carbons (Fsp3) is 0.174. The van der Waals surface area contributed by atoms with E-state index in [-0.39, 0.29) is 11.1 Å². The monoisotopic (exact) mass is 407 g/mol. The van der Waals surface area contributed by atoms with Crippen LogP contribution in [0, 0.1) is 20.8 Å². The van der Waals surface area contributed by atoms with Crippen LogP contribution in [0.1, 0.15) is 39.2 Å². The van der Waals surface area contributed by atoms with Crippen LogP contribution in [0.15, 0.2) is 48.5 Å². The quantitative estimate of drug-likeness (QED) is 0.475. The van der Waals surface area contributed by atoms with Crippen LogP contribution in [0.2, 0.25) is 0 Å². The highest BCUT2D eigenvalue weighted by Crippen LogP contribution is 2.34. The Hall–Kier alpha value is -3.61. The predicted octanol–water partition coefficient (Wildman–Crippen LogP) is 5.65. The second-order valence-corrected chi connectivity index (χ2v) is 7.24. The second kappa shape index (κ2) is 7.33. The van der Waals surface area contributed by atoms with Crippen LogP contribution in [0.3, 0.4) is 0 Å². The number of aryl methyl sites for hydroxylation is 3. The Kier molecular flexibility index (Phi) is 4.81. The molecule has 0 unspecified atom stereocenters. The Morgan fingerprint density at radius 3 is 2.30 bits per heavy atom. The minimum absolute atomic E-state index is 0.126. The maximum absolute atomic E-state index is 13.9. The van der Waals surface area contributed by atoms with Gasteiger partial charge >= 0.3 is 5.97 Å². The third kappa shape index (κ3) is 3.32. The molecule has 30 heavy (non-hydrogen) atoms. The highest BCUT2D eigenvalue weighted by atomic mass is 19.3. The molecule has 5 nitrogen and oxygen atoms in total. The highest BCUT2D eigenvalue weighted by Gasteiger charge is 2.22. The van der Waals surface area contributed by atoms with Crippen molar-refractivity contribution in [1.29, 1.82) is 0 Å². The van der Waals surface area contributed by atoms with Crippen molar-refractivity contribution in [1.82, 2.24) is 14.8 Å². The zero-order chi connectivity index (χ0) is 21.6. The number of nitrogens with zero attached hydrogens (tertiary/aromatic N) is 3. The van der Waals surface area contributed by atoms with Crippen molar-refractivity contribution in [3.63, 3.8) is 0 Å². The molecule has 0 spiro atoms. The lowest BCUT2D eigenvalue weighted by Gasteiger charge is -2.10. The summed E-state index contributed by atoms with van der Waals surface area (Å²) in [5.74, 6) is -1.04. The molecule has 4 rings (SSSR count). The van der Waals surface area contributed by atoms with E-state index in [1.54, 1.807) is 19.1 Å². The van der Waals surface area contributed by atoms with E-state index in [0.29, 0.717) is 28.1 Å². The van der Waals surface area contributed by atoms with Crippen molar-refractivity contribution in [3.8, 4) is 16.9 Å². The van der Waals surface area contributed by atoms with Crippen LogP contribution in [-0.4, -0.2) is 25.8 Å². The zero-order valence-electron chi connectivity index (χ0n) is 16.6. The largest absolute Gasteiger partial charge is 0.478 e. The zero-order valence-corrected chi connectivity index (χ0v) is 16.6. The molecule has 0 saturated carbocycles. The van der Waals surface area contributed by atoms with Crippen LogP contribution in [0.25, 0.3) is 28.0 Å². The van der Waals surface area contributed by atoms with Gasteiger partial charge in [-0.15, -0.1) is 0 Å². The van der Waals surface area contributed by atoms with Gasteiger partial charge in [0.15, 0.2) is 5.65 Å². The Balaban J connectivity index is 1.97. The Morgan fingerprint density at radius 2 is 1.70 bits per heavy atom. The molecular formula is C23H19F2N3O2. The van der Waals surface area contributed by atoms with Crippen molar-refractivity contribution in [3.05, 3.63) is 76.5 Å². The molecule has 0 radical (unpaired) electrons. The first-order valence-corrected chi connectivity index (χ1v) is 9.36. The number of halogens is 2. The molecule has 0 saturated heterocycles.